The summed E-state index contributed by atoms with van der Waals surface area (Å²) in [5.41, 5.74) is 4.82. The lowest BCUT2D eigenvalue weighted by atomic mass is 9.80. The zero-order chi connectivity index (χ0) is 14.5. The van der Waals surface area contributed by atoms with Crippen molar-refractivity contribution in [2.24, 2.45) is 5.73 Å². The van der Waals surface area contributed by atoms with Crippen LogP contribution >= 0.6 is 0 Å². The van der Waals surface area contributed by atoms with Crippen LogP contribution in [0.15, 0.2) is 0 Å². The number of aliphatic hydroxyl groups is 1. The zero-order valence-electron chi connectivity index (χ0n) is 12.4. The van der Waals surface area contributed by atoms with Crippen LogP contribution < -0.4 is 11.1 Å². The quantitative estimate of drug-likeness (QED) is 0.730. The van der Waals surface area contributed by atoms with Gasteiger partial charge in [0, 0.05) is 12.6 Å². The van der Waals surface area contributed by atoms with Crippen molar-refractivity contribution >= 4 is 6.09 Å². The lowest BCUT2D eigenvalue weighted by molar-refractivity contribution is -0.00960. The molecule has 5 heteroatoms. The van der Waals surface area contributed by atoms with E-state index in [0.717, 1.165) is 25.7 Å². The number of carbonyl (C=O) groups excluding carboxylic acids is 1. The number of nitrogens with one attached hydrogen (secondary N) is 1. The van der Waals surface area contributed by atoms with E-state index in [4.69, 9.17) is 10.5 Å². The van der Waals surface area contributed by atoms with E-state index < -0.39 is 17.3 Å². The van der Waals surface area contributed by atoms with Gasteiger partial charge in [0.25, 0.3) is 0 Å². The second-order valence-electron chi connectivity index (χ2n) is 6.63. The Balaban J connectivity index is 2.27. The lowest BCUT2D eigenvalue weighted by Gasteiger charge is -2.34. The molecule has 4 N–H and O–H groups in total. The van der Waals surface area contributed by atoms with Crippen molar-refractivity contribution in [3.63, 3.8) is 0 Å². The second kappa shape index (κ2) is 6.57. The van der Waals surface area contributed by atoms with Gasteiger partial charge in [-0.05, 0) is 40.0 Å². The predicted octanol–water partition coefficient (Wildman–Crippen LogP) is 1.92. The molecular formula is C14H28N2O3. The van der Waals surface area contributed by atoms with Crippen molar-refractivity contribution in [1.82, 2.24) is 5.32 Å². The Hall–Kier alpha value is -0.810. The summed E-state index contributed by atoms with van der Waals surface area (Å²) in [5.74, 6) is 0. The molecule has 1 atom stereocenters. The molecule has 1 aliphatic carbocycles. The summed E-state index contributed by atoms with van der Waals surface area (Å²) in [6, 6.07) is -0.240. The fourth-order valence-electron chi connectivity index (χ4n) is 2.50. The smallest absolute Gasteiger partial charge is 0.407 e. The van der Waals surface area contributed by atoms with Gasteiger partial charge in [-0.2, -0.15) is 0 Å². The fourth-order valence-corrected chi connectivity index (χ4v) is 2.50. The molecule has 0 saturated heterocycles. The first kappa shape index (κ1) is 16.2. The topological polar surface area (TPSA) is 84.6 Å². The van der Waals surface area contributed by atoms with Gasteiger partial charge in [-0.1, -0.05) is 19.3 Å². The molecule has 0 aromatic heterocycles. The van der Waals surface area contributed by atoms with Crippen LogP contribution in [0.25, 0.3) is 0 Å². The Morgan fingerprint density at radius 3 is 2.47 bits per heavy atom. The highest BCUT2D eigenvalue weighted by Crippen LogP contribution is 2.31. The summed E-state index contributed by atoms with van der Waals surface area (Å²) in [5, 5.41) is 13.0. The van der Waals surface area contributed by atoms with Crippen molar-refractivity contribution in [2.45, 2.75) is 76.5 Å². The number of rotatable bonds is 4. The maximum Gasteiger partial charge on any atom is 0.407 e. The number of amides is 1. The Morgan fingerprint density at radius 2 is 1.95 bits per heavy atom. The van der Waals surface area contributed by atoms with Gasteiger partial charge >= 0.3 is 6.09 Å². The van der Waals surface area contributed by atoms with Gasteiger partial charge in [0.15, 0.2) is 0 Å². The monoisotopic (exact) mass is 272 g/mol. The Bertz CT molecular complexity index is 294. The number of hydrogen-bond acceptors (Lipinski definition) is 4. The highest BCUT2D eigenvalue weighted by molar-refractivity contribution is 5.67. The summed E-state index contributed by atoms with van der Waals surface area (Å²) < 4.78 is 5.14. The summed E-state index contributed by atoms with van der Waals surface area (Å²) >= 11 is 0. The van der Waals surface area contributed by atoms with Crippen molar-refractivity contribution in [3.8, 4) is 0 Å². The molecule has 1 aliphatic rings. The Kier molecular flexibility index (Phi) is 5.62. The third-order valence-corrected chi connectivity index (χ3v) is 3.33. The van der Waals surface area contributed by atoms with E-state index in [9.17, 15) is 9.90 Å². The summed E-state index contributed by atoms with van der Waals surface area (Å²) in [6.07, 6.45) is 5.00. The molecule has 1 unspecified atom stereocenters. The fraction of sp³-hybridized carbons (Fsp3) is 0.929. The van der Waals surface area contributed by atoms with Crippen molar-refractivity contribution < 1.29 is 14.6 Å². The molecule has 0 radical (unpaired) electrons. The number of ether oxygens (including phenoxy) is 1. The standard InChI is InChI=1S/C14H28N2O3/c1-13(2,3)19-12(17)16-10-11(15)9-14(18)7-5-4-6-8-14/h11,18H,4-10,15H2,1-3H3,(H,16,17). The number of alkyl carbamates (subject to hydrolysis) is 1. The summed E-state index contributed by atoms with van der Waals surface area (Å²) in [4.78, 5) is 11.5. The molecule has 1 fully saturated rings. The van der Waals surface area contributed by atoms with Gasteiger partial charge in [-0.3, -0.25) is 0 Å². The van der Waals surface area contributed by atoms with Crippen molar-refractivity contribution in [2.75, 3.05) is 6.54 Å². The molecule has 1 rings (SSSR count). The third-order valence-electron chi connectivity index (χ3n) is 3.33. The minimum atomic E-state index is -0.646. The molecule has 0 heterocycles. The van der Waals surface area contributed by atoms with Gasteiger partial charge in [-0.25, -0.2) is 4.79 Å². The SMILES string of the molecule is CC(C)(C)OC(=O)NCC(N)CC1(O)CCCCC1. The molecule has 5 nitrogen and oxygen atoms in total. The predicted molar refractivity (Wildman–Crippen MR) is 74.9 cm³/mol. The average molecular weight is 272 g/mol. The van der Waals surface area contributed by atoms with Crippen LogP contribution in [0.1, 0.15) is 59.3 Å². The number of nitrogens with two attached hydrogens (primary N) is 1. The molecule has 0 spiro atoms. The third kappa shape index (κ3) is 6.78. The van der Waals surface area contributed by atoms with E-state index in [1.54, 1.807) is 0 Å². The highest BCUT2D eigenvalue weighted by atomic mass is 16.6. The maximum atomic E-state index is 11.5. The van der Waals surface area contributed by atoms with Crippen molar-refractivity contribution in [1.29, 1.82) is 0 Å². The average Bonchev–Trinajstić information content (AvgIpc) is 2.24. The van der Waals surface area contributed by atoms with E-state index >= 15 is 0 Å². The van der Waals surface area contributed by atoms with Crippen LogP contribution in [0.3, 0.4) is 0 Å². The summed E-state index contributed by atoms with van der Waals surface area (Å²) in [6.45, 7) is 5.78. The van der Waals surface area contributed by atoms with E-state index in [1.807, 2.05) is 20.8 Å². The number of carbonyl (C=O) groups is 1. The first-order valence-corrected chi connectivity index (χ1v) is 7.15. The van der Waals surface area contributed by atoms with E-state index in [1.165, 1.54) is 6.42 Å². The molecule has 1 saturated carbocycles. The largest absolute Gasteiger partial charge is 0.444 e. The van der Waals surface area contributed by atoms with E-state index in [-0.39, 0.29) is 6.04 Å². The molecule has 0 aromatic rings. The minimum Gasteiger partial charge on any atom is -0.444 e. The van der Waals surface area contributed by atoms with Gasteiger partial charge in [0.1, 0.15) is 5.60 Å². The molecule has 1 amide bonds. The first-order chi connectivity index (χ1) is 8.70. The zero-order valence-corrected chi connectivity index (χ0v) is 12.4. The second-order valence-corrected chi connectivity index (χ2v) is 6.63. The van der Waals surface area contributed by atoms with Crippen LogP contribution in [0.2, 0.25) is 0 Å². The van der Waals surface area contributed by atoms with Crippen LogP contribution in [-0.4, -0.2) is 35.0 Å². The molecule has 112 valence electrons. The van der Waals surface area contributed by atoms with Crippen LogP contribution in [0, 0.1) is 0 Å². The van der Waals surface area contributed by atoms with E-state index in [0.29, 0.717) is 13.0 Å². The Labute approximate surface area is 115 Å². The molecule has 19 heavy (non-hydrogen) atoms. The number of hydrogen-bond donors (Lipinski definition) is 3. The van der Waals surface area contributed by atoms with Crippen molar-refractivity contribution in [3.05, 3.63) is 0 Å². The Morgan fingerprint density at radius 1 is 1.37 bits per heavy atom. The molecule has 0 aliphatic heterocycles. The van der Waals surface area contributed by atoms with Gasteiger partial charge in [0.2, 0.25) is 0 Å². The molecule has 0 bridgehead atoms. The van der Waals surface area contributed by atoms with Gasteiger partial charge < -0.3 is 20.9 Å². The maximum absolute atomic E-state index is 11.5. The summed E-state index contributed by atoms with van der Waals surface area (Å²) in [7, 11) is 0. The lowest BCUT2D eigenvalue weighted by Crippen LogP contribution is -2.45. The van der Waals surface area contributed by atoms with Crippen LogP contribution in [0.5, 0.6) is 0 Å². The normalized spacial score (nSPS) is 20.7. The van der Waals surface area contributed by atoms with Crippen LogP contribution in [0.4, 0.5) is 4.79 Å². The molecular weight excluding hydrogens is 244 g/mol. The van der Waals surface area contributed by atoms with Gasteiger partial charge in [-0.15, -0.1) is 0 Å². The molecule has 0 aromatic carbocycles. The minimum absolute atomic E-state index is 0.240. The van der Waals surface area contributed by atoms with E-state index in [2.05, 4.69) is 5.32 Å². The first-order valence-electron chi connectivity index (χ1n) is 7.15. The van der Waals surface area contributed by atoms with Crippen LogP contribution in [-0.2, 0) is 4.74 Å². The highest BCUT2D eigenvalue weighted by Gasteiger charge is 2.31. The van der Waals surface area contributed by atoms with Gasteiger partial charge in [0.05, 0.1) is 5.60 Å².